The van der Waals surface area contributed by atoms with E-state index in [0.717, 1.165) is 30.7 Å². The first-order valence-corrected chi connectivity index (χ1v) is 11.7. The Kier molecular flexibility index (Phi) is 8.10. The summed E-state index contributed by atoms with van der Waals surface area (Å²) < 4.78 is 42.3. The largest absolute Gasteiger partial charge is 0.495 e. The number of halogens is 3. The minimum atomic E-state index is -5.21. The molecule has 6 nitrogen and oxygen atoms in total. The third-order valence-electron chi connectivity index (χ3n) is 6.06. The van der Waals surface area contributed by atoms with Crippen molar-refractivity contribution in [1.82, 2.24) is 4.90 Å². The molecule has 0 fully saturated rings. The van der Waals surface area contributed by atoms with Crippen LogP contribution in [0.4, 0.5) is 13.2 Å². The Morgan fingerprint density at radius 2 is 1.75 bits per heavy atom. The van der Waals surface area contributed by atoms with E-state index in [9.17, 15) is 22.8 Å². The standard InChI is InChI=1S/C27H26F3NO5/c28-27(29,30)26(33)36-35-25(32)9-4-14-31-15-12-23-22(18-31)7-3-8-24(23)34-16-13-19-10-11-20-5-1-2-6-21(20)17-19/h1-3,5-8,10-11,17H,4,9,12-16,18H2. The van der Waals surface area contributed by atoms with Gasteiger partial charge in [-0.05, 0) is 52.9 Å². The van der Waals surface area contributed by atoms with Gasteiger partial charge < -0.3 is 4.74 Å². The molecular formula is C27H26F3NO5. The van der Waals surface area contributed by atoms with E-state index in [4.69, 9.17) is 4.74 Å². The number of carbonyl (C=O) groups excluding carboxylic acids is 2. The Balaban J connectivity index is 1.22. The van der Waals surface area contributed by atoms with Gasteiger partial charge in [-0.15, -0.1) is 0 Å². The summed E-state index contributed by atoms with van der Waals surface area (Å²) in [5.74, 6) is -2.70. The summed E-state index contributed by atoms with van der Waals surface area (Å²) in [6.45, 7) is 2.56. The predicted octanol–water partition coefficient (Wildman–Crippen LogP) is 5.16. The van der Waals surface area contributed by atoms with Gasteiger partial charge >= 0.3 is 18.1 Å². The molecule has 0 N–H and O–H groups in total. The van der Waals surface area contributed by atoms with E-state index >= 15 is 0 Å². The highest BCUT2D eigenvalue weighted by atomic mass is 19.4. The summed E-state index contributed by atoms with van der Waals surface area (Å²) in [6, 6.07) is 20.7. The van der Waals surface area contributed by atoms with Crippen molar-refractivity contribution in [2.24, 2.45) is 0 Å². The second-order valence-corrected chi connectivity index (χ2v) is 8.63. The van der Waals surface area contributed by atoms with Crippen LogP contribution in [0.1, 0.15) is 29.5 Å². The third-order valence-corrected chi connectivity index (χ3v) is 6.06. The Morgan fingerprint density at radius 3 is 2.56 bits per heavy atom. The molecular weight excluding hydrogens is 475 g/mol. The molecule has 190 valence electrons. The number of alkyl halides is 3. The lowest BCUT2D eigenvalue weighted by molar-refractivity contribution is -0.285. The molecule has 1 aliphatic heterocycles. The fraction of sp³-hybridized carbons (Fsp3) is 0.333. The number of fused-ring (bicyclic) bond motifs is 2. The number of carbonyl (C=O) groups is 2. The molecule has 0 atom stereocenters. The number of hydrogen-bond acceptors (Lipinski definition) is 6. The lowest BCUT2D eigenvalue weighted by Gasteiger charge is -2.29. The summed E-state index contributed by atoms with van der Waals surface area (Å²) in [7, 11) is 0. The molecule has 0 amide bonds. The van der Waals surface area contributed by atoms with Gasteiger partial charge in [-0.1, -0.05) is 54.6 Å². The van der Waals surface area contributed by atoms with Crippen molar-refractivity contribution < 1.29 is 37.3 Å². The van der Waals surface area contributed by atoms with Crippen molar-refractivity contribution in [1.29, 1.82) is 0 Å². The van der Waals surface area contributed by atoms with Crippen LogP contribution in [0.15, 0.2) is 60.7 Å². The van der Waals surface area contributed by atoms with Gasteiger partial charge in [0.2, 0.25) is 0 Å². The van der Waals surface area contributed by atoms with E-state index in [1.807, 2.05) is 30.3 Å². The predicted molar refractivity (Wildman–Crippen MR) is 126 cm³/mol. The van der Waals surface area contributed by atoms with Gasteiger partial charge in [0.15, 0.2) is 0 Å². The van der Waals surface area contributed by atoms with Gasteiger partial charge in [-0.3, -0.25) is 4.90 Å². The average Bonchev–Trinajstić information content (AvgIpc) is 2.86. The van der Waals surface area contributed by atoms with Crippen LogP contribution in [0, 0.1) is 0 Å². The van der Waals surface area contributed by atoms with Gasteiger partial charge in [0.25, 0.3) is 0 Å². The normalized spacial score (nSPS) is 13.8. The van der Waals surface area contributed by atoms with Crippen LogP contribution in [0.2, 0.25) is 0 Å². The van der Waals surface area contributed by atoms with Crippen LogP contribution >= 0.6 is 0 Å². The second-order valence-electron chi connectivity index (χ2n) is 8.63. The summed E-state index contributed by atoms with van der Waals surface area (Å²) in [5.41, 5.74) is 3.54. The molecule has 1 heterocycles. The molecule has 1 aliphatic rings. The highest BCUT2D eigenvalue weighted by Gasteiger charge is 2.43. The number of ether oxygens (including phenoxy) is 1. The molecule has 3 aromatic rings. The molecule has 0 aromatic heterocycles. The molecule has 0 unspecified atom stereocenters. The first kappa shape index (κ1) is 25.5. The van der Waals surface area contributed by atoms with Crippen LogP contribution in [0.3, 0.4) is 0 Å². The van der Waals surface area contributed by atoms with Crippen molar-refractivity contribution in [3.05, 3.63) is 77.4 Å². The monoisotopic (exact) mass is 501 g/mol. The number of rotatable bonds is 8. The molecule has 36 heavy (non-hydrogen) atoms. The van der Waals surface area contributed by atoms with Crippen LogP contribution in [0.5, 0.6) is 5.75 Å². The highest BCUT2D eigenvalue weighted by Crippen LogP contribution is 2.28. The van der Waals surface area contributed by atoms with Crippen LogP contribution in [0.25, 0.3) is 10.8 Å². The van der Waals surface area contributed by atoms with Gasteiger partial charge in [0, 0.05) is 19.5 Å². The van der Waals surface area contributed by atoms with E-state index in [-0.39, 0.29) is 6.42 Å². The molecule has 0 aliphatic carbocycles. The van der Waals surface area contributed by atoms with Crippen molar-refractivity contribution in [3.8, 4) is 5.75 Å². The van der Waals surface area contributed by atoms with E-state index < -0.39 is 18.1 Å². The minimum absolute atomic E-state index is 0.160. The Morgan fingerprint density at radius 1 is 0.944 bits per heavy atom. The maximum atomic E-state index is 12.1. The van der Waals surface area contributed by atoms with Gasteiger partial charge in [0.05, 0.1) is 13.0 Å². The lowest BCUT2D eigenvalue weighted by atomic mass is 9.98. The zero-order valence-electron chi connectivity index (χ0n) is 19.6. The molecule has 4 rings (SSSR count). The number of nitrogens with zero attached hydrogens (tertiary/aromatic N) is 1. The van der Waals surface area contributed by atoms with E-state index in [0.29, 0.717) is 26.1 Å². The summed E-state index contributed by atoms with van der Waals surface area (Å²) >= 11 is 0. The average molecular weight is 502 g/mol. The first-order chi connectivity index (χ1) is 17.3. The summed E-state index contributed by atoms with van der Waals surface area (Å²) in [6.07, 6.45) is -3.42. The van der Waals surface area contributed by atoms with Gasteiger partial charge in [-0.25, -0.2) is 19.4 Å². The van der Waals surface area contributed by atoms with Crippen molar-refractivity contribution in [2.45, 2.75) is 38.4 Å². The van der Waals surface area contributed by atoms with E-state index in [2.05, 4.69) is 45.0 Å². The Labute approximate surface area is 206 Å². The van der Waals surface area contributed by atoms with Gasteiger partial charge in [0.1, 0.15) is 5.75 Å². The fourth-order valence-corrected chi connectivity index (χ4v) is 4.25. The SMILES string of the molecule is O=C(CCCN1CCc2c(cccc2OCCc2ccc3ccccc3c2)C1)OOC(=O)C(F)(F)F. The number of hydrogen-bond donors (Lipinski definition) is 0. The molecule has 0 saturated carbocycles. The Hall–Kier alpha value is -3.59. The Bertz CT molecular complexity index is 1230. The third kappa shape index (κ3) is 6.75. The van der Waals surface area contributed by atoms with Crippen molar-refractivity contribution in [2.75, 3.05) is 19.7 Å². The zero-order chi connectivity index (χ0) is 25.5. The zero-order valence-corrected chi connectivity index (χ0v) is 19.6. The van der Waals surface area contributed by atoms with E-state index in [1.165, 1.54) is 21.9 Å². The molecule has 3 aromatic carbocycles. The second kappa shape index (κ2) is 11.4. The fourth-order valence-electron chi connectivity index (χ4n) is 4.25. The first-order valence-electron chi connectivity index (χ1n) is 11.7. The topological polar surface area (TPSA) is 65.1 Å². The maximum Gasteiger partial charge on any atom is 0.495 e. The van der Waals surface area contributed by atoms with Crippen LogP contribution < -0.4 is 4.74 Å². The van der Waals surface area contributed by atoms with Crippen molar-refractivity contribution in [3.63, 3.8) is 0 Å². The molecule has 0 spiro atoms. The molecule has 9 heteroatoms. The van der Waals surface area contributed by atoms with Crippen LogP contribution in [-0.2, 0) is 38.8 Å². The smallest absolute Gasteiger partial charge is 0.493 e. The van der Waals surface area contributed by atoms with Crippen LogP contribution in [-0.4, -0.2) is 42.7 Å². The molecule has 0 bridgehead atoms. The van der Waals surface area contributed by atoms with E-state index in [1.54, 1.807) is 0 Å². The minimum Gasteiger partial charge on any atom is -0.493 e. The number of benzene rings is 3. The summed E-state index contributed by atoms with van der Waals surface area (Å²) in [4.78, 5) is 31.7. The lowest BCUT2D eigenvalue weighted by Crippen LogP contribution is -2.32. The molecule has 0 radical (unpaired) electrons. The van der Waals surface area contributed by atoms with Crippen molar-refractivity contribution >= 4 is 22.7 Å². The van der Waals surface area contributed by atoms with Gasteiger partial charge in [-0.2, -0.15) is 13.2 Å². The molecule has 0 saturated heterocycles. The summed E-state index contributed by atoms with van der Waals surface area (Å²) in [5, 5.41) is 2.42. The highest BCUT2D eigenvalue weighted by molar-refractivity contribution is 5.83. The quantitative estimate of drug-likeness (QED) is 0.314. The maximum absolute atomic E-state index is 12.1.